The van der Waals surface area contributed by atoms with Gasteiger partial charge < -0.3 is 9.42 Å². The number of aryl methyl sites for hydroxylation is 2. The first-order valence-electron chi connectivity index (χ1n) is 10.5. The minimum Gasteiger partial charge on any atom is -0.367 e. The Hall–Kier alpha value is -3.68. The topological polar surface area (TPSA) is 93.0 Å². The van der Waals surface area contributed by atoms with E-state index in [1.165, 1.54) is 5.56 Å². The first kappa shape index (κ1) is 20.6. The lowest BCUT2D eigenvalue weighted by atomic mass is 10.1. The molecule has 1 fully saturated rings. The summed E-state index contributed by atoms with van der Waals surface area (Å²) in [5, 5.41) is 22.9. The third kappa shape index (κ3) is 4.74. The summed E-state index contributed by atoms with van der Waals surface area (Å²) in [6, 6.07) is 17.8. The maximum atomic E-state index is 9.42. The average molecular weight is 412 g/mol. The van der Waals surface area contributed by atoms with Crippen LogP contribution in [0, 0.1) is 29.6 Å². The highest BCUT2D eigenvalue weighted by atomic mass is 16.5. The Bertz CT molecular complexity index is 1080. The van der Waals surface area contributed by atoms with Crippen LogP contribution in [0.25, 0.3) is 11.4 Å². The van der Waals surface area contributed by atoms with E-state index in [0.717, 1.165) is 56.8 Å². The number of piperazine rings is 1. The Morgan fingerprint density at radius 1 is 0.968 bits per heavy atom. The molecule has 0 aliphatic carbocycles. The predicted molar refractivity (Wildman–Crippen MR) is 117 cm³/mol. The molecule has 0 atom stereocenters. The van der Waals surface area contributed by atoms with E-state index in [1.54, 1.807) is 18.2 Å². The Labute approximate surface area is 182 Å². The van der Waals surface area contributed by atoms with E-state index in [4.69, 9.17) is 4.52 Å². The molecule has 1 saturated heterocycles. The molecule has 31 heavy (non-hydrogen) atoms. The van der Waals surface area contributed by atoms with Crippen LogP contribution in [0.3, 0.4) is 0 Å². The lowest BCUT2D eigenvalue weighted by Gasteiger charge is -2.36. The van der Waals surface area contributed by atoms with E-state index in [-0.39, 0.29) is 0 Å². The molecule has 1 aliphatic rings. The molecule has 0 N–H and O–H groups in total. The second-order valence-electron chi connectivity index (χ2n) is 7.74. The molecule has 3 aromatic rings. The van der Waals surface area contributed by atoms with Gasteiger partial charge in [0.25, 0.3) is 0 Å². The lowest BCUT2D eigenvalue weighted by Crippen LogP contribution is -2.47. The van der Waals surface area contributed by atoms with E-state index in [2.05, 4.69) is 39.0 Å². The van der Waals surface area contributed by atoms with Gasteiger partial charge in [0.1, 0.15) is 12.1 Å². The number of aromatic nitrogens is 2. The summed E-state index contributed by atoms with van der Waals surface area (Å²) in [7, 11) is 0. The summed E-state index contributed by atoms with van der Waals surface area (Å²) in [4.78, 5) is 9.07. The van der Waals surface area contributed by atoms with Crippen molar-refractivity contribution in [1.29, 1.82) is 10.5 Å². The standard InChI is InChI=1S/C24H24N6O/c1-18-7-9-19(10-8-18)24-27-22(31-28-24)6-3-11-29-12-14-30(15-13-29)23-20(16-25)4-2-5-21(23)17-26/h2,4-5,7-10H,3,6,11-15H2,1H3. The molecule has 0 saturated carbocycles. The largest absolute Gasteiger partial charge is 0.367 e. The molecule has 7 nitrogen and oxygen atoms in total. The number of nitriles is 2. The number of hydrogen-bond donors (Lipinski definition) is 0. The molecule has 156 valence electrons. The van der Waals surface area contributed by atoms with E-state index in [0.29, 0.717) is 22.8 Å². The molecular weight excluding hydrogens is 388 g/mol. The highest BCUT2D eigenvalue weighted by molar-refractivity contribution is 5.68. The van der Waals surface area contributed by atoms with Crippen LogP contribution >= 0.6 is 0 Å². The first-order valence-corrected chi connectivity index (χ1v) is 10.5. The van der Waals surface area contributed by atoms with Crippen molar-refractivity contribution >= 4 is 5.69 Å². The fourth-order valence-corrected chi connectivity index (χ4v) is 3.89. The number of nitrogens with zero attached hydrogens (tertiary/aromatic N) is 6. The van der Waals surface area contributed by atoms with E-state index in [1.807, 2.05) is 24.3 Å². The molecular formula is C24H24N6O. The van der Waals surface area contributed by atoms with Gasteiger partial charge in [0.15, 0.2) is 0 Å². The van der Waals surface area contributed by atoms with Crippen molar-refractivity contribution in [2.45, 2.75) is 19.8 Å². The third-order valence-electron chi connectivity index (χ3n) is 5.61. The summed E-state index contributed by atoms with van der Waals surface area (Å²) < 4.78 is 5.42. The van der Waals surface area contributed by atoms with Crippen molar-refractivity contribution in [3.05, 3.63) is 65.0 Å². The second-order valence-corrected chi connectivity index (χ2v) is 7.74. The van der Waals surface area contributed by atoms with E-state index in [9.17, 15) is 10.5 Å². The molecule has 0 unspecified atom stereocenters. The fourth-order valence-electron chi connectivity index (χ4n) is 3.89. The van der Waals surface area contributed by atoms with Crippen LogP contribution in [0.1, 0.15) is 29.0 Å². The minimum absolute atomic E-state index is 0.563. The molecule has 1 aromatic heterocycles. The normalized spacial score (nSPS) is 14.2. The Morgan fingerprint density at radius 2 is 1.65 bits per heavy atom. The van der Waals surface area contributed by atoms with Crippen LogP contribution in [0.2, 0.25) is 0 Å². The molecule has 0 bridgehead atoms. The van der Waals surface area contributed by atoms with Crippen LogP contribution in [0.4, 0.5) is 5.69 Å². The van der Waals surface area contributed by atoms with E-state index >= 15 is 0 Å². The molecule has 4 rings (SSSR count). The second kappa shape index (κ2) is 9.42. The summed E-state index contributed by atoms with van der Waals surface area (Å²) in [5.74, 6) is 1.30. The van der Waals surface area contributed by atoms with Gasteiger partial charge in [-0.3, -0.25) is 4.90 Å². The smallest absolute Gasteiger partial charge is 0.227 e. The van der Waals surface area contributed by atoms with Crippen LogP contribution < -0.4 is 4.90 Å². The third-order valence-corrected chi connectivity index (χ3v) is 5.61. The van der Waals surface area contributed by atoms with Gasteiger partial charge in [-0.1, -0.05) is 41.1 Å². The van der Waals surface area contributed by atoms with Crippen molar-refractivity contribution in [3.8, 4) is 23.5 Å². The monoisotopic (exact) mass is 412 g/mol. The fraction of sp³-hybridized carbons (Fsp3) is 0.333. The van der Waals surface area contributed by atoms with Crippen molar-refractivity contribution in [3.63, 3.8) is 0 Å². The number of rotatable bonds is 6. The molecule has 0 amide bonds. The van der Waals surface area contributed by atoms with Crippen molar-refractivity contribution in [1.82, 2.24) is 15.0 Å². The van der Waals surface area contributed by atoms with Gasteiger partial charge >= 0.3 is 0 Å². The zero-order valence-corrected chi connectivity index (χ0v) is 17.6. The lowest BCUT2D eigenvalue weighted by molar-refractivity contribution is 0.250. The van der Waals surface area contributed by atoms with Crippen molar-refractivity contribution < 1.29 is 4.52 Å². The predicted octanol–water partition coefficient (Wildman–Crippen LogP) is 3.54. The average Bonchev–Trinajstić information content (AvgIpc) is 3.28. The maximum absolute atomic E-state index is 9.42. The zero-order chi connectivity index (χ0) is 21.6. The molecule has 2 aromatic carbocycles. The minimum atomic E-state index is 0.563. The van der Waals surface area contributed by atoms with Crippen LogP contribution in [0.15, 0.2) is 47.0 Å². The van der Waals surface area contributed by atoms with Gasteiger partial charge in [0.05, 0.1) is 16.8 Å². The van der Waals surface area contributed by atoms with Gasteiger partial charge in [0.2, 0.25) is 11.7 Å². The SMILES string of the molecule is Cc1ccc(-c2noc(CCCN3CCN(c4c(C#N)cccc4C#N)CC3)n2)cc1. The molecule has 1 aliphatic heterocycles. The van der Waals surface area contributed by atoms with Crippen molar-refractivity contribution in [2.24, 2.45) is 0 Å². The Kier molecular flexibility index (Phi) is 6.26. The number of hydrogen-bond acceptors (Lipinski definition) is 7. The molecule has 0 spiro atoms. The number of benzene rings is 2. The van der Waals surface area contributed by atoms with Crippen LogP contribution in [-0.4, -0.2) is 47.8 Å². The molecule has 0 radical (unpaired) electrons. The quantitative estimate of drug-likeness (QED) is 0.611. The van der Waals surface area contributed by atoms with Gasteiger partial charge in [-0.2, -0.15) is 15.5 Å². The zero-order valence-electron chi connectivity index (χ0n) is 17.6. The Morgan fingerprint density at radius 3 is 2.29 bits per heavy atom. The van der Waals surface area contributed by atoms with Gasteiger partial charge in [0, 0.05) is 38.2 Å². The van der Waals surface area contributed by atoms with Gasteiger partial charge in [-0.15, -0.1) is 0 Å². The molecule has 2 heterocycles. The maximum Gasteiger partial charge on any atom is 0.227 e. The Balaban J connectivity index is 1.28. The molecule has 7 heteroatoms. The highest BCUT2D eigenvalue weighted by Crippen LogP contribution is 2.26. The highest BCUT2D eigenvalue weighted by Gasteiger charge is 2.21. The van der Waals surface area contributed by atoms with Crippen LogP contribution in [0.5, 0.6) is 0 Å². The van der Waals surface area contributed by atoms with Crippen LogP contribution in [-0.2, 0) is 6.42 Å². The summed E-state index contributed by atoms with van der Waals surface area (Å²) in [5.41, 5.74) is 4.06. The summed E-state index contributed by atoms with van der Waals surface area (Å²) in [6.07, 6.45) is 1.68. The van der Waals surface area contributed by atoms with Crippen molar-refractivity contribution in [2.75, 3.05) is 37.6 Å². The number of anilines is 1. The van der Waals surface area contributed by atoms with E-state index < -0.39 is 0 Å². The van der Waals surface area contributed by atoms with Gasteiger partial charge in [-0.25, -0.2) is 0 Å². The van der Waals surface area contributed by atoms with Gasteiger partial charge in [-0.05, 0) is 32.0 Å². The number of para-hydroxylation sites is 1. The summed E-state index contributed by atoms with van der Waals surface area (Å²) in [6.45, 7) is 6.38. The first-order chi connectivity index (χ1) is 15.2. The summed E-state index contributed by atoms with van der Waals surface area (Å²) >= 11 is 0.